The Morgan fingerprint density at radius 3 is 2.70 bits per heavy atom. The number of aromatic nitrogens is 1. The monoisotopic (exact) mass is 377 g/mol. The molecule has 0 bridgehead atoms. The maximum atomic E-state index is 12.3. The van der Waals surface area contributed by atoms with Gasteiger partial charge in [-0.15, -0.1) is 6.42 Å². The number of nitrogens with one attached hydrogen (secondary N) is 1. The standard InChI is InChI=1S/C21H19N3O2S/c1-3-13-24-18-11-10-17(22-15(2)25)14-19(18)27-21(24)23-20(26)12-9-16-7-5-4-6-8-16/h1,4-8,10-11,14H,9,12-13H2,2H3,(H,22,25). The van der Waals surface area contributed by atoms with E-state index in [4.69, 9.17) is 6.42 Å². The van der Waals surface area contributed by atoms with Gasteiger partial charge in [0.1, 0.15) is 0 Å². The van der Waals surface area contributed by atoms with E-state index in [1.807, 2.05) is 53.1 Å². The number of hydrogen-bond acceptors (Lipinski definition) is 3. The van der Waals surface area contributed by atoms with Crippen LogP contribution in [0.4, 0.5) is 5.69 Å². The summed E-state index contributed by atoms with van der Waals surface area (Å²) < 4.78 is 2.75. The number of anilines is 1. The average molecular weight is 377 g/mol. The highest BCUT2D eigenvalue weighted by Gasteiger charge is 2.09. The Kier molecular flexibility index (Phi) is 5.84. The number of fused-ring (bicyclic) bond motifs is 1. The fourth-order valence-corrected chi connectivity index (χ4v) is 3.83. The van der Waals surface area contributed by atoms with Crippen molar-refractivity contribution in [1.29, 1.82) is 0 Å². The van der Waals surface area contributed by atoms with Crippen molar-refractivity contribution in [2.45, 2.75) is 26.3 Å². The van der Waals surface area contributed by atoms with Gasteiger partial charge in [0, 0.05) is 19.0 Å². The molecule has 0 saturated carbocycles. The third-order valence-electron chi connectivity index (χ3n) is 3.94. The number of nitrogens with zero attached hydrogens (tertiary/aromatic N) is 2. The summed E-state index contributed by atoms with van der Waals surface area (Å²) >= 11 is 1.38. The number of thiazole rings is 1. The highest BCUT2D eigenvalue weighted by Crippen LogP contribution is 2.22. The van der Waals surface area contributed by atoms with Gasteiger partial charge < -0.3 is 9.88 Å². The van der Waals surface area contributed by atoms with E-state index in [9.17, 15) is 9.59 Å². The number of benzene rings is 2. The van der Waals surface area contributed by atoms with Crippen molar-refractivity contribution in [3.05, 3.63) is 58.9 Å². The van der Waals surface area contributed by atoms with Crippen LogP contribution in [0, 0.1) is 12.3 Å². The zero-order chi connectivity index (χ0) is 19.2. The van der Waals surface area contributed by atoms with E-state index in [0.29, 0.717) is 29.9 Å². The minimum absolute atomic E-state index is 0.136. The third-order valence-corrected chi connectivity index (χ3v) is 4.98. The lowest BCUT2D eigenvalue weighted by molar-refractivity contribution is -0.118. The molecule has 0 aliphatic rings. The van der Waals surface area contributed by atoms with Gasteiger partial charge in [0.05, 0.1) is 16.8 Å². The molecule has 6 heteroatoms. The van der Waals surface area contributed by atoms with Crippen LogP contribution in [0.15, 0.2) is 53.5 Å². The third kappa shape index (κ3) is 4.72. The summed E-state index contributed by atoms with van der Waals surface area (Å²) in [7, 11) is 0. The number of aryl methyl sites for hydroxylation is 1. The Morgan fingerprint density at radius 1 is 1.22 bits per heavy atom. The molecular formula is C21H19N3O2S. The van der Waals surface area contributed by atoms with E-state index >= 15 is 0 Å². The van der Waals surface area contributed by atoms with E-state index in [0.717, 1.165) is 15.8 Å². The molecule has 0 aliphatic heterocycles. The minimum atomic E-state index is -0.182. The number of amides is 2. The van der Waals surface area contributed by atoms with Crippen molar-refractivity contribution in [3.8, 4) is 12.3 Å². The highest BCUT2D eigenvalue weighted by molar-refractivity contribution is 7.16. The summed E-state index contributed by atoms with van der Waals surface area (Å²) in [5.74, 6) is 2.29. The number of rotatable bonds is 5. The second-order valence-electron chi connectivity index (χ2n) is 6.03. The van der Waals surface area contributed by atoms with Crippen LogP contribution in [0.3, 0.4) is 0 Å². The van der Waals surface area contributed by atoms with Crippen LogP contribution < -0.4 is 10.1 Å². The van der Waals surface area contributed by atoms with Gasteiger partial charge in [-0.2, -0.15) is 4.99 Å². The van der Waals surface area contributed by atoms with Gasteiger partial charge in [-0.25, -0.2) is 0 Å². The maximum Gasteiger partial charge on any atom is 0.248 e. The second-order valence-corrected chi connectivity index (χ2v) is 7.04. The van der Waals surface area contributed by atoms with E-state index in [1.165, 1.54) is 18.3 Å². The van der Waals surface area contributed by atoms with Crippen LogP contribution in [0.1, 0.15) is 18.9 Å². The first-order valence-electron chi connectivity index (χ1n) is 8.53. The number of hydrogen-bond donors (Lipinski definition) is 1. The zero-order valence-electron chi connectivity index (χ0n) is 14.9. The van der Waals surface area contributed by atoms with E-state index < -0.39 is 0 Å². The van der Waals surface area contributed by atoms with E-state index in [2.05, 4.69) is 16.2 Å². The molecule has 0 aliphatic carbocycles. The van der Waals surface area contributed by atoms with Crippen molar-refractivity contribution in [3.63, 3.8) is 0 Å². The molecule has 3 rings (SSSR count). The Bertz CT molecular complexity index is 1090. The van der Waals surface area contributed by atoms with E-state index in [-0.39, 0.29) is 11.8 Å². The summed E-state index contributed by atoms with van der Waals surface area (Å²) in [4.78, 5) is 28.5. The van der Waals surface area contributed by atoms with Gasteiger partial charge in [-0.3, -0.25) is 9.59 Å². The Morgan fingerprint density at radius 2 is 2.00 bits per heavy atom. The topological polar surface area (TPSA) is 63.5 Å². The van der Waals surface area contributed by atoms with Crippen LogP contribution in [-0.2, 0) is 22.6 Å². The van der Waals surface area contributed by atoms with Crippen molar-refractivity contribution in [1.82, 2.24) is 4.57 Å². The number of terminal acetylenes is 1. The molecule has 0 atom stereocenters. The number of carbonyl (C=O) groups excluding carboxylic acids is 2. The smallest absolute Gasteiger partial charge is 0.248 e. The normalized spacial score (nSPS) is 11.3. The Balaban J connectivity index is 1.90. The summed E-state index contributed by atoms with van der Waals surface area (Å²) in [5.41, 5.74) is 2.70. The zero-order valence-corrected chi connectivity index (χ0v) is 15.8. The van der Waals surface area contributed by atoms with Crippen LogP contribution in [-0.4, -0.2) is 16.4 Å². The highest BCUT2D eigenvalue weighted by atomic mass is 32.1. The lowest BCUT2D eigenvalue weighted by Gasteiger charge is -2.03. The molecule has 0 radical (unpaired) electrons. The Hall–Kier alpha value is -3.17. The van der Waals surface area contributed by atoms with Crippen LogP contribution >= 0.6 is 11.3 Å². The van der Waals surface area contributed by atoms with Crippen molar-refractivity contribution in [2.75, 3.05) is 5.32 Å². The molecule has 1 heterocycles. The summed E-state index contributed by atoms with van der Waals surface area (Å²) in [6.07, 6.45) is 6.48. The molecule has 1 N–H and O–H groups in total. The molecule has 136 valence electrons. The molecular weight excluding hydrogens is 358 g/mol. The van der Waals surface area contributed by atoms with Gasteiger partial charge in [-0.05, 0) is 30.2 Å². The molecule has 5 nitrogen and oxygen atoms in total. The molecule has 0 spiro atoms. The number of carbonyl (C=O) groups is 2. The lowest BCUT2D eigenvalue weighted by Crippen LogP contribution is -2.16. The lowest BCUT2D eigenvalue weighted by atomic mass is 10.1. The molecule has 2 aromatic carbocycles. The minimum Gasteiger partial charge on any atom is -0.326 e. The van der Waals surface area contributed by atoms with Crippen LogP contribution in [0.2, 0.25) is 0 Å². The van der Waals surface area contributed by atoms with Crippen molar-refractivity contribution >= 4 is 39.1 Å². The largest absolute Gasteiger partial charge is 0.326 e. The summed E-state index contributed by atoms with van der Waals surface area (Å²) in [5, 5.41) is 2.76. The molecule has 0 unspecified atom stereocenters. The second kappa shape index (κ2) is 8.47. The van der Waals surface area contributed by atoms with Crippen LogP contribution in [0.25, 0.3) is 10.2 Å². The molecule has 2 amide bonds. The van der Waals surface area contributed by atoms with Gasteiger partial charge in [0.2, 0.25) is 11.8 Å². The van der Waals surface area contributed by atoms with Gasteiger partial charge in [-0.1, -0.05) is 47.6 Å². The first-order valence-corrected chi connectivity index (χ1v) is 9.34. The quantitative estimate of drug-likeness (QED) is 0.693. The molecule has 0 saturated heterocycles. The first kappa shape index (κ1) is 18.6. The summed E-state index contributed by atoms with van der Waals surface area (Å²) in [6, 6.07) is 15.4. The molecule has 3 aromatic rings. The maximum absolute atomic E-state index is 12.3. The fourth-order valence-electron chi connectivity index (χ4n) is 2.74. The first-order chi connectivity index (χ1) is 13.1. The van der Waals surface area contributed by atoms with E-state index in [1.54, 1.807) is 0 Å². The van der Waals surface area contributed by atoms with Crippen LogP contribution in [0.5, 0.6) is 0 Å². The van der Waals surface area contributed by atoms with Gasteiger partial charge in [0.15, 0.2) is 4.80 Å². The SMILES string of the molecule is C#CCn1c(=NC(=O)CCc2ccccc2)sc2cc(NC(C)=O)ccc21. The predicted molar refractivity (Wildman–Crippen MR) is 108 cm³/mol. The van der Waals surface area contributed by atoms with Gasteiger partial charge in [0.25, 0.3) is 0 Å². The Labute approximate surface area is 161 Å². The molecule has 1 aromatic heterocycles. The predicted octanol–water partition coefficient (Wildman–Crippen LogP) is 3.35. The average Bonchev–Trinajstić information content (AvgIpc) is 2.97. The van der Waals surface area contributed by atoms with Crippen molar-refractivity contribution < 1.29 is 9.59 Å². The summed E-state index contributed by atoms with van der Waals surface area (Å²) in [6.45, 7) is 1.79. The van der Waals surface area contributed by atoms with Gasteiger partial charge >= 0.3 is 0 Å². The fraction of sp³-hybridized carbons (Fsp3) is 0.190. The molecule has 27 heavy (non-hydrogen) atoms. The van der Waals surface area contributed by atoms with Crippen molar-refractivity contribution in [2.24, 2.45) is 4.99 Å². The molecule has 0 fully saturated rings.